The second-order valence-corrected chi connectivity index (χ2v) is 1.69. The fourth-order valence-corrected chi connectivity index (χ4v) is 0.602. The normalized spacial score (nSPS) is 8.75. The number of para-hydroxylation sites is 1. The fourth-order valence-electron chi connectivity index (χ4n) is 0.602. The molecule has 0 aliphatic carbocycles. The minimum Gasteiger partial charge on any atom is -0.435 e. The Morgan fingerprint density at radius 3 is 2.08 bits per heavy atom. The van der Waals surface area contributed by atoms with E-state index in [2.05, 4.69) is 14.0 Å². The van der Waals surface area contributed by atoms with E-state index < -0.39 is 6.61 Å². The average molecular weight is 192 g/mol. The fraction of sp³-hybridized carbons (Fsp3) is 0.250. The first kappa shape index (κ1) is 11.3. The molecule has 1 nitrogen and oxygen atoms in total. The molecule has 0 spiro atoms. The van der Waals surface area contributed by atoms with E-state index in [1.165, 1.54) is 12.1 Å². The average Bonchev–Trinajstić information content (AvgIpc) is 2.08. The monoisotopic (exact) mass is 192 g/mol. The Hall–Kier alpha value is -0.690. The van der Waals surface area contributed by atoms with Gasteiger partial charge in [0.25, 0.3) is 0 Å². The van der Waals surface area contributed by atoms with Gasteiger partial charge in [0.05, 0.1) is 0 Å². The first-order valence-corrected chi connectivity index (χ1v) is 4.52. The molecule has 68 valence electrons. The van der Waals surface area contributed by atoms with E-state index >= 15 is 0 Å². The van der Waals surface area contributed by atoms with E-state index in [-0.39, 0.29) is 5.75 Å². The van der Waals surface area contributed by atoms with Crippen LogP contribution < -0.4 is 4.74 Å². The van der Waals surface area contributed by atoms with Crippen molar-refractivity contribution in [1.82, 2.24) is 0 Å². The summed E-state index contributed by atoms with van der Waals surface area (Å²) in [6.07, 6.45) is 0. The van der Waals surface area contributed by atoms with Gasteiger partial charge in [-0.2, -0.15) is 8.78 Å². The Morgan fingerprint density at radius 2 is 1.67 bits per heavy atom. The van der Waals surface area contributed by atoms with Crippen molar-refractivity contribution in [2.24, 2.45) is 0 Å². The molecule has 0 aliphatic heterocycles. The molecule has 1 atom stereocenters. The molecule has 0 saturated heterocycles. The molecule has 0 aliphatic rings. The van der Waals surface area contributed by atoms with Crippen molar-refractivity contribution in [1.29, 1.82) is 0 Å². The van der Waals surface area contributed by atoms with Crippen molar-refractivity contribution in [2.45, 2.75) is 6.61 Å². The largest absolute Gasteiger partial charge is 0.435 e. The van der Waals surface area contributed by atoms with Gasteiger partial charge in [-0.05, 0) is 12.1 Å². The number of halogens is 2. The molecule has 0 N–H and O–H groups in total. The molecule has 4 heteroatoms. The van der Waals surface area contributed by atoms with Crippen LogP contribution in [0.15, 0.2) is 30.3 Å². The lowest BCUT2D eigenvalue weighted by Gasteiger charge is -2.01. The SMILES string of the molecule is CP.FC(F)Oc1ccccc1. The van der Waals surface area contributed by atoms with Gasteiger partial charge < -0.3 is 4.74 Å². The summed E-state index contributed by atoms with van der Waals surface area (Å²) in [4.78, 5) is 0. The number of rotatable bonds is 2. The highest BCUT2D eigenvalue weighted by Crippen LogP contribution is 2.11. The Morgan fingerprint density at radius 1 is 1.17 bits per heavy atom. The maximum atomic E-state index is 11.5. The maximum Gasteiger partial charge on any atom is 0.387 e. The predicted molar refractivity (Wildman–Crippen MR) is 48.7 cm³/mol. The first-order valence-electron chi connectivity index (χ1n) is 3.36. The van der Waals surface area contributed by atoms with Crippen LogP contribution in [0.3, 0.4) is 0 Å². The lowest BCUT2D eigenvalue weighted by molar-refractivity contribution is -0.0498. The molecule has 0 fully saturated rings. The summed E-state index contributed by atoms with van der Waals surface area (Å²) < 4.78 is 27.1. The lowest BCUT2D eigenvalue weighted by atomic mass is 10.3. The quantitative estimate of drug-likeness (QED) is 0.654. The molecule has 0 heterocycles. The summed E-state index contributed by atoms with van der Waals surface area (Å²) in [6.45, 7) is -0.817. The Labute approximate surface area is 72.9 Å². The number of ether oxygens (including phenoxy) is 1. The lowest BCUT2D eigenvalue weighted by Crippen LogP contribution is -2.00. The number of hydrogen-bond donors (Lipinski definition) is 0. The van der Waals surface area contributed by atoms with Crippen molar-refractivity contribution in [2.75, 3.05) is 6.66 Å². The maximum absolute atomic E-state index is 11.5. The van der Waals surface area contributed by atoms with Crippen LogP contribution in [-0.2, 0) is 0 Å². The minimum atomic E-state index is -2.73. The van der Waals surface area contributed by atoms with E-state index in [9.17, 15) is 8.78 Å². The molecule has 0 radical (unpaired) electrons. The smallest absolute Gasteiger partial charge is 0.387 e. The molecule has 0 saturated carbocycles. The summed E-state index contributed by atoms with van der Waals surface area (Å²) >= 11 is 0. The number of benzene rings is 1. The molecule has 1 aromatic rings. The van der Waals surface area contributed by atoms with Crippen LogP contribution in [0.5, 0.6) is 5.75 Å². The Kier molecular flexibility index (Phi) is 6.58. The van der Waals surface area contributed by atoms with Crippen LogP contribution in [-0.4, -0.2) is 13.3 Å². The van der Waals surface area contributed by atoms with Crippen LogP contribution in [0.2, 0.25) is 0 Å². The summed E-state index contributed by atoms with van der Waals surface area (Å²) in [5.41, 5.74) is 0. The van der Waals surface area contributed by atoms with Gasteiger partial charge in [-0.25, -0.2) is 0 Å². The number of alkyl halides is 2. The van der Waals surface area contributed by atoms with Gasteiger partial charge in [0.2, 0.25) is 0 Å². The summed E-state index contributed by atoms with van der Waals surface area (Å²) in [5, 5.41) is 0. The standard InChI is InChI=1S/C7H6F2O.CH5P/c8-7(9)10-6-4-2-1-3-5-6;1-2/h1-5,7H;2H2,1H3. The predicted octanol–water partition coefficient (Wildman–Crippen LogP) is 2.78. The van der Waals surface area contributed by atoms with Gasteiger partial charge in [-0.15, -0.1) is 9.24 Å². The number of hydrogen-bond acceptors (Lipinski definition) is 1. The zero-order valence-corrected chi connectivity index (χ0v) is 7.86. The molecule has 1 unspecified atom stereocenters. The molecule has 0 bridgehead atoms. The van der Waals surface area contributed by atoms with Crippen molar-refractivity contribution in [3.05, 3.63) is 30.3 Å². The molecule has 12 heavy (non-hydrogen) atoms. The molecular formula is C8H11F2OP. The van der Waals surface area contributed by atoms with Crippen LogP contribution in [0, 0.1) is 0 Å². The van der Waals surface area contributed by atoms with Gasteiger partial charge in [0.15, 0.2) is 0 Å². The van der Waals surface area contributed by atoms with E-state index in [1.54, 1.807) is 18.2 Å². The van der Waals surface area contributed by atoms with Crippen molar-refractivity contribution in [3.63, 3.8) is 0 Å². The summed E-state index contributed by atoms with van der Waals surface area (Å²) in [6, 6.07) is 7.96. The van der Waals surface area contributed by atoms with Gasteiger partial charge in [-0.1, -0.05) is 24.9 Å². The zero-order valence-electron chi connectivity index (χ0n) is 6.71. The molecule has 0 amide bonds. The van der Waals surface area contributed by atoms with E-state index in [0.29, 0.717) is 0 Å². The Balaban J connectivity index is 0.000000561. The Bertz CT molecular complexity index is 192. The van der Waals surface area contributed by atoms with Crippen LogP contribution in [0.4, 0.5) is 8.78 Å². The van der Waals surface area contributed by atoms with Crippen LogP contribution >= 0.6 is 9.24 Å². The van der Waals surface area contributed by atoms with Crippen LogP contribution in [0.1, 0.15) is 0 Å². The van der Waals surface area contributed by atoms with Crippen molar-refractivity contribution in [3.8, 4) is 5.75 Å². The van der Waals surface area contributed by atoms with Gasteiger partial charge in [-0.3, -0.25) is 0 Å². The highest BCUT2D eigenvalue weighted by molar-refractivity contribution is 7.15. The topological polar surface area (TPSA) is 9.23 Å². The highest BCUT2D eigenvalue weighted by atomic mass is 31.0. The second-order valence-electron chi connectivity index (χ2n) is 1.69. The van der Waals surface area contributed by atoms with E-state index in [0.717, 1.165) is 0 Å². The molecule has 0 aromatic heterocycles. The summed E-state index contributed by atoms with van der Waals surface area (Å²) in [7, 11) is 2.42. The highest BCUT2D eigenvalue weighted by Gasteiger charge is 2.01. The first-order chi connectivity index (χ1) is 5.79. The van der Waals surface area contributed by atoms with E-state index in [4.69, 9.17) is 0 Å². The zero-order chi connectivity index (χ0) is 9.40. The third kappa shape index (κ3) is 5.03. The van der Waals surface area contributed by atoms with Crippen molar-refractivity contribution >= 4 is 9.24 Å². The van der Waals surface area contributed by atoms with Gasteiger partial charge in [0.1, 0.15) is 5.75 Å². The van der Waals surface area contributed by atoms with Gasteiger partial charge >= 0.3 is 6.61 Å². The second kappa shape index (κ2) is 6.99. The third-order valence-electron chi connectivity index (χ3n) is 0.968. The van der Waals surface area contributed by atoms with E-state index in [1.807, 2.05) is 6.66 Å². The molecular weight excluding hydrogens is 181 g/mol. The summed E-state index contributed by atoms with van der Waals surface area (Å²) in [5.74, 6) is 0.192. The van der Waals surface area contributed by atoms with Crippen molar-refractivity contribution < 1.29 is 13.5 Å². The minimum absolute atomic E-state index is 0.192. The molecule has 1 rings (SSSR count). The van der Waals surface area contributed by atoms with Gasteiger partial charge in [0, 0.05) is 0 Å². The third-order valence-corrected chi connectivity index (χ3v) is 0.968. The molecule has 1 aromatic carbocycles. The van der Waals surface area contributed by atoms with Crippen LogP contribution in [0.25, 0.3) is 0 Å².